The molecule has 0 radical (unpaired) electrons. The Hall–Kier alpha value is -4.39. The second-order valence-electron chi connectivity index (χ2n) is 9.06. The minimum Gasteiger partial charge on any atom is -0.501 e. The van der Waals surface area contributed by atoms with Gasteiger partial charge in [0.1, 0.15) is 12.9 Å². The van der Waals surface area contributed by atoms with Crippen molar-refractivity contribution < 1.29 is 28.5 Å². The summed E-state index contributed by atoms with van der Waals surface area (Å²) in [6.45, 7) is 0.966. The van der Waals surface area contributed by atoms with Crippen molar-refractivity contribution in [2.75, 3.05) is 13.7 Å². The molecular weight excluding hydrogens is 504 g/mol. The minimum atomic E-state index is -0.836. The molecule has 2 atom stereocenters. The third-order valence-electron chi connectivity index (χ3n) is 6.03. The average Bonchev–Trinajstić information content (AvgIpc) is 3.01. The minimum absolute atomic E-state index is 0.0721. The largest absolute Gasteiger partial charge is 0.501 e. The number of esters is 1. The number of hydrogen-bond donors (Lipinski definition) is 0. The topological polar surface area (TPSA) is 63.2 Å². The highest BCUT2D eigenvalue weighted by atomic mass is 16.6. The Morgan fingerprint density at radius 2 is 1.18 bits per heavy atom. The van der Waals surface area contributed by atoms with E-state index < -0.39 is 18.2 Å². The van der Waals surface area contributed by atoms with Crippen LogP contribution in [0.3, 0.4) is 0 Å². The molecule has 0 N–H and O–H groups in total. The summed E-state index contributed by atoms with van der Waals surface area (Å²) in [6, 6.07) is 38.2. The van der Waals surface area contributed by atoms with Crippen LogP contribution in [0, 0.1) is 0 Å². The van der Waals surface area contributed by atoms with Crippen molar-refractivity contribution in [3.8, 4) is 0 Å². The van der Waals surface area contributed by atoms with Crippen LogP contribution < -0.4 is 0 Å². The molecule has 206 valence electrons. The van der Waals surface area contributed by atoms with Crippen molar-refractivity contribution in [3.63, 3.8) is 0 Å². The quantitative estimate of drug-likeness (QED) is 0.124. The summed E-state index contributed by atoms with van der Waals surface area (Å²) in [5.74, 6) is -0.0986. The highest BCUT2D eigenvalue weighted by molar-refractivity contribution is 5.89. The third-order valence-corrected chi connectivity index (χ3v) is 6.03. The molecule has 0 saturated carbocycles. The van der Waals surface area contributed by atoms with E-state index in [-0.39, 0.29) is 19.8 Å². The molecule has 0 saturated heterocycles. The Labute approximate surface area is 235 Å². The number of rotatable bonds is 15. The number of carbonyl (C=O) groups is 1. The zero-order valence-corrected chi connectivity index (χ0v) is 22.6. The number of ether oxygens (including phenoxy) is 5. The predicted molar refractivity (Wildman–Crippen MR) is 153 cm³/mol. The van der Waals surface area contributed by atoms with Gasteiger partial charge in [-0.2, -0.15) is 0 Å². The van der Waals surface area contributed by atoms with Crippen LogP contribution in [0.1, 0.15) is 27.0 Å². The van der Waals surface area contributed by atoms with E-state index in [1.54, 1.807) is 24.3 Å². The molecule has 4 aromatic rings. The zero-order valence-electron chi connectivity index (χ0n) is 22.6. The Balaban J connectivity index is 1.59. The molecule has 6 heteroatoms. The summed E-state index contributed by atoms with van der Waals surface area (Å²) in [7, 11) is 1.54. The Morgan fingerprint density at radius 1 is 0.675 bits per heavy atom. The van der Waals surface area contributed by atoms with Crippen LogP contribution in [-0.4, -0.2) is 31.9 Å². The lowest BCUT2D eigenvalue weighted by Crippen LogP contribution is -2.39. The first-order valence-corrected chi connectivity index (χ1v) is 13.2. The first-order valence-electron chi connectivity index (χ1n) is 13.2. The van der Waals surface area contributed by atoms with Crippen LogP contribution >= 0.6 is 0 Å². The molecule has 0 spiro atoms. The van der Waals surface area contributed by atoms with Crippen molar-refractivity contribution in [3.05, 3.63) is 156 Å². The molecule has 0 aliphatic heterocycles. The van der Waals surface area contributed by atoms with E-state index in [9.17, 15) is 4.79 Å². The molecule has 4 aromatic carbocycles. The van der Waals surface area contributed by atoms with E-state index in [1.165, 1.54) is 13.4 Å². The maximum absolute atomic E-state index is 13.2. The van der Waals surface area contributed by atoms with E-state index in [4.69, 9.17) is 23.7 Å². The van der Waals surface area contributed by atoms with Crippen molar-refractivity contribution in [1.82, 2.24) is 0 Å². The van der Waals surface area contributed by atoms with E-state index in [2.05, 4.69) is 0 Å². The second-order valence-corrected chi connectivity index (χ2v) is 9.06. The lowest BCUT2D eigenvalue weighted by Gasteiger charge is -2.29. The number of methoxy groups -OCH3 is 1. The van der Waals surface area contributed by atoms with Gasteiger partial charge in [-0.25, -0.2) is 4.79 Å². The molecule has 4 rings (SSSR count). The van der Waals surface area contributed by atoms with Gasteiger partial charge in [-0.1, -0.05) is 109 Å². The van der Waals surface area contributed by atoms with Gasteiger partial charge in [0.15, 0.2) is 18.0 Å². The van der Waals surface area contributed by atoms with Crippen LogP contribution in [0.15, 0.2) is 133 Å². The fraction of sp³-hybridized carbons (Fsp3) is 0.206. The van der Waals surface area contributed by atoms with Gasteiger partial charge in [0.2, 0.25) is 0 Å². The Morgan fingerprint density at radius 3 is 1.73 bits per heavy atom. The highest BCUT2D eigenvalue weighted by Gasteiger charge is 2.32. The maximum atomic E-state index is 13.2. The summed E-state index contributed by atoms with van der Waals surface area (Å²) in [5, 5.41) is 0. The fourth-order valence-electron chi connectivity index (χ4n) is 4.00. The smallest absolute Gasteiger partial charge is 0.338 e. The second kappa shape index (κ2) is 15.9. The summed E-state index contributed by atoms with van der Waals surface area (Å²) in [4.78, 5) is 13.2. The van der Waals surface area contributed by atoms with Crippen molar-refractivity contribution >= 4 is 5.97 Å². The van der Waals surface area contributed by atoms with Crippen LogP contribution in [0.4, 0.5) is 0 Å². The predicted octanol–water partition coefficient (Wildman–Crippen LogP) is 6.72. The van der Waals surface area contributed by atoms with Gasteiger partial charge in [-0.3, -0.25) is 0 Å². The molecule has 0 aliphatic rings. The highest BCUT2D eigenvalue weighted by Crippen LogP contribution is 2.22. The van der Waals surface area contributed by atoms with E-state index in [1.807, 2.05) is 97.1 Å². The monoisotopic (exact) mass is 538 g/mol. The molecule has 0 fully saturated rings. The lowest BCUT2D eigenvalue weighted by molar-refractivity contribution is -0.0951. The van der Waals surface area contributed by atoms with Crippen LogP contribution in [0.25, 0.3) is 0 Å². The van der Waals surface area contributed by atoms with Crippen LogP contribution in [0.5, 0.6) is 0 Å². The molecule has 0 amide bonds. The van der Waals surface area contributed by atoms with Crippen molar-refractivity contribution in [2.45, 2.75) is 32.0 Å². The average molecular weight is 539 g/mol. The van der Waals surface area contributed by atoms with Gasteiger partial charge in [0, 0.05) is 0 Å². The zero-order chi connectivity index (χ0) is 27.8. The standard InChI is InChI=1S/C34H34O6/c1-36-25-31(38-23-28-16-8-3-9-17-28)33(39-24-29-18-10-4-11-19-29)32(26-37-22-27-14-6-2-7-15-27)40-34(35)30-20-12-5-13-21-30/h2-21,25,32-33H,22-24,26H2,1H3/b31-25-/t32-,33-/m1/s1. The number of benzene rings is 4. The van der Waals surface area contributed by atoms with Gasteiger partial charge in [0.25, 0.3) is 0 Å². The molecule has 0 bridgehead atoms. The van der Waals surface area contributed by atoms with E-state index >= 15 is 0 Å². The van der Waals surface area contributed by atoms with E-state index in [0.29, 0.717) is 17.9 Å². The molecule has 6 nitrogen and oxygen atoms in total. The van der Waals surface area contributed by atoms with Crippen molar-refractivity contribution in [1.29, 1.82) is 0 Å². The van der Waals surface area contributed by atoms with E-state index in [0.717, 1.165) is 16.7 Å². The van der Waals surface area contributed by atoms with Gasteiger partial charge in [0.05, 0.1) is 32.5 Å². The first kappa shape index (κ1) is 28.6. The lowest BCUT2D eigenvalue weighted by atomic mass is 10.1. The molecule has 40 heavy (non-hydrogen) atoms. The van der Waals surface area contributed by atoms with Crippen LogP contribution in [0.2, 0.25) is 0 Å². The molecule has 0 aromatic heterocycles. The van der Waals surface area contributed by atoms with Crippen LogP contribution in [-0.2, 0) is 43.5 Å². The summed E-state index contributed by atoms with van der Waals surface area (Å²) in [5.41, 5.74) is 3.38. The first-order chi connectivity index (χ1) is 19.7. The van der Waals surface area contributed by atoms with Gasteiger partial charge >= 0.3 is 5.97 Å². The molecule has 0 unspecified atom stereocenters. The van der Waals surface area contributed by atoms with Crippen molar-refractivity contribution in [2.24, 2.45) is 0 Å². The third kappa shape index (κ3) is 9.12. The van der Waals surface area contributed by atoms with Gasteiger partial charge in [-0.05, 0) is 28.8 Å². The van der Waals surface area contributed by atoms with Gasteiger partial charge in [-0.15, -0.1) is 0 Å². The summed E-state index contributed by atoms with van der Waals surface area (Å²) in [6.07, 6.45) is -0.163. The Kier molecular flexibility index (Phi) is 11.4. The number of hydrogen-bond acceptors (Lipinski definition) is 6. The normalized spacial score (nSPS) is 12.8. The summed E-state index contributed by atoms with van der Waals surface area (Å²) < 4.78 is 30.1. The molecule has 0 heterocycles. The Bertz CT molecular complexity index is 1290. The fourth-order valence-corrected chi connectivity index (χ4v) is 4.00. The number of carbonyl (C=O) groups excluding carboxylic acids is 1. The maximum Gasteiger partial charge on any atom is 0.338 e. The van der Waals surface area contributed by atoms with Gasteiger partial charge < -0.3 is 23.7 Å². The SMILES string of the molecule is CO/C=C(\OCc1ccccc1)[C@@H](OCc1ccccc1)[C@@H](COCc1ccccc1)OC(=O)c1ccccc1. The molecular formula is C34H34O6. The summed E-state index contributed by atoms with van der Waals surface area (Å²) >= 11 is 0. The molecule has 0 aliphatic carbocycles.